The number of hydrogen-bond acceptors (Lipinski definition) is 0. The summed E-state index contributed by atoms with van der Waals surface area (Å²) in [6, 6.07) is 17.9. The molecule has 0 heterocycles. The first-order valence-corrected chi connectivity index (χ1v) is 7.64. The first-order valence-electron chi connectivity index (χ1n) is 5.64. The standard InChI is InChI=1S/C15H17Si/c1-12-4-8-14(9-5-12)16(3)15-10-6-13(2)7-11-15/h4-11H,1-3H3. The third-order valence-electron chi connectivity index (χ3n) is 2.97. The Kier molecular flexibility index (Phi) is 3.25. The van der Waals surface area contributed by atoms with Crippen LogP contribution >= 0.6 is 0 Å². The summed E-state index contributed by atoms with van der Waals surface area (Å²) >= 11 is 0. The molecule has 2 rings (SSSR count). The Labute approximate surface area is 99.6 Å². The zero-order valence-electron chi connectivity index (χ0n) is 10.1. The minimum absolute atomic E-state index is 0.578. The van der Waals surface area contributed by atoms with E-state index in [1.54, 1.807) is 0 Å². The summed E-state index contributed by atoms with van der Waals surface area (Å²) in [5.41, 5.74) is 2.67. The van der Waals surface area contributed by atoms with Crippen molar-refractivity contribution in [1.82, 2.24) is 0 Å². The second-order valence-corrected chi connectivity index (χ2v) is 6.76. The topological polar surface area (TPSA) is 0 Å². The highest BCUT2D eigenvalue weighted by Gasteiger charge is 2.09. The van der Waals surface area contributed by atoms with E-state index in [1.807, 2.05) is 0 Å². The van der Waals surface area contributed by atoms with Crippen LogP contribution in [0.25, 0.3) is 0 Å². The molecule has 16 heavy (non-hydrogen) atoms. The van der Waals surface area contributed by atoms with Gasteiger partial charge in [0.15, 0.2) is 0 Å². The molecular weight excluding hydrogens is 208 g/mol. The summed E-state index contributed by atoms with van der Waals surface area (Å²) in [7, 11) is -0.578. The summed E-state index contributed by atoms with van der Waals surface area (Å²) in [4.78, 5) is 0. The van der Waals surface area contributed by atoms with Crippen LogP contribution in [0.5, 0.6) is 0 Å². The molecule has 81 valence electrons. The van der Waals surface area contributed by atoms with Crippen molar-refractivity contribution in [2.45, 2.75) is 20.4 Å². The smallest absolute Gasteiger partial charge is 0.0628 e. The largest absolute Gasteiger partial charge is 0.118 e. The van der Waals surface area contributed by atoms with Crippen molar-refractivity contribution in [3.05, 3.63) is 59.7 Å². The van der Waals surface area contributed by atoms with Gasteiger partial charge in [-0.15, -0.1) is 0 Å². The number of aryl methyl sites for hydroxylation is 2. The zero-order valence-corrected chi connectivity index (χ0v) is 11.1. The summed E-state index contributed by atoms with van der Waals surface area (Å²) in [5, 5.41) is 2.97. The van der Waals surface area contributed by atoms with Crippen molar-refractivity contribution in [1.29, 1.82) is 0 Å². The highest BCUT2D eigenvalue weighted by atomic mass is 28.3. The first kappa shape index (κ1) is 11.2. The van der Waals surface area contributed by atoms with Crippen LogP contribution in [0.15, 0.2) is 48.5 Å². The van der Waals surface area contributed by atoms with Crippen molar-refractivity contribution in [2.24, 2.45) is 0 Å². The fourth-order valence-corrected chi connectivity index (χ4v) is 3.44. The van der Waals surface area contributed by atoms with Gasteiger partial charge in [0.1, 0.15) is 8.80 Å². The third-order valence-corrected chi connectivity index (χ3v) is 5.37. The number of hydrogen-bond donors (Lipinski definition) is 0. The molecule has 0 aliphatic heterocycles. The van der Waals surface area contributed by atoms with Crippen molar-refractivity contribution in [3.63, 3.8) is 0 Å². The average Bonchev–Trinajstić information content (AvgIpc) is 2.30. The predicted octanol–water partition coefficient (Wildman–Crippen LogP) is 2.54. The molecule has 0 aromatic heterocycles. The second kappa shape index (κ2) is 4.66. The van der Waals surface area contributed by atoms with Gasteiger partial charge in [-0.05, 0) is 13.8 Å². The minimum Gasteiger partial charge on any atom is -0.0628 e. The molecule has 0 atom stereocenters. The van der Waals surface area contributed by atoms with Gasteiger partial charge in [-0.2, -0.15) is 0 Å². The van der Waals surface area contributed by atoms with Gasteiger partial charge in [0.05, 0.1) is 0 Å². The van der Waals surface area contributed by atoms with Gasteiger partial charge in [0, 0.05) is 0 Å². The lowest BCUT2D eigenvalue weighted by atomic mass is 10.2. The van der Waals surface area contributed by atoms with Gasteiger partial charge in [-0.3, -0.25) is 0 Å². The van der Waals surface area contributed by atoms with E-state index in [0.29, 0.717) is 0 Å². The maximum Gasteiger partial charge on any atom is 0.118 e. The molecule has 0 unspecified atom stereocenters. The van der Waals surface area contributed by atoms with Gasteiger partial charge in [-0.1, -0.05) is 76.6 Å². The van der Waals surface area contributed by atoms with Crippen molar-refractivity contribution >= 4 is 19.2 Å². The van der Waals surface area contributed by atoms with Crippen molar-refractivity contribution < 1.29 is 0 Å². The molecule has 0 saturated carbocycles. The molecular formula is C15H17Si. The molecule has 2 aromatic carbocycles. The van der Waals surface area contributed by atoms with E-state index in [1.165, 1.54) is 21.5 Å². The van der Waals surface area contributed by atoms with Crippen LogP contribution in [-0.4, -0.2) is 8.80 Å². The van der Waals surface area contributed by atoms with Gasteiger partial charge >= 0.3 is 0 Å². The van der Waals surface area contributed by atoms with Crippen molar-refractivity contribution in [2.75, 3.05) is 0 Å². The maximum atomic E-state index is 2.36. The van der Waals surface area contributed by atoms with Crippen LogP contribution in [0, 0.1) is 13.8 Å². The summed E-state index contributed by atoms with van der Waals surface area (Å²) in [5.74, 6) is 0. The highest BCUT2D eigenvalue weighted by Crippen LogP contribution is 1.98. The molecule has 0 saturated heterocycles. The molecule has 0 nitrogen and oxygen atoms in total. The van der Waals surface area contributed by atoms with Gasteiger partial charge < -0.3 is 0 Å². The first-order chi connectivity index (χ1) is 7.66. The van der Waals surface area contributed by atoms with E-state index in [9.17, 15) is 0 Å². The van der Waals surface area contributed by atoms with Crippen LogP contribution in [0.1, 0.15) is 11.1 Å². The maximum absolute atomic E-state index is 2.36. The lowest BCUT2D eigenvalue weighted by Crippen LogP contribution is -2.38. The van der Waals surface area contributed by atoms with Crippen LogP contribution < -0.4 is 10.4 Å². The lowest BCUT2D eigenvalue weighted by Gasteiger charge is -2.10. The van der Waals surface area contributed by atoms with E-state index in [2.05, 4.69) is 68.9 Å². The fraction of sp³-hybridized carbons (Fsp3) is 0.200. The minimum atomic E-state index is -0.578. The Balaban J connectivity index is 2.28. The Morgan fingerprint density at radius 2 is 0.938 bits per heavy atom. The predicted molar refractivity (Wildman–Crippen MR) is 73.2 cm³/mol. The number of benzene rings is 2. The van der Waals surface area contributed by atoms with E-state index >= 15 is 0 Å². The highest BCUT2D eigenvalue weighted by molar-refractivity contribution is 6.84. The fourth-order valence-electron chi connectivity index (χ4n) is 1.77. The SMILES string of the molecule is Cc1ccc([Si](C)c2ccc(C)cc2)cc1. The van der Waals surface area contributed by atoms with Crippen LogP contribution in [0.4, 0.5) is 0 Å². The van der Waals surface area contributed by atoms with E-state index in [4.69, 9.17) is 0 Å². The Morgan fingerprint density at radius 3 is 1.25 bits per heavy atom. The lowest BCUT2D eigenvalue weighted by molar-refractivity contribution is 1.48. The molecule has 2 aromatic rings. The quantitative estimate of drug-likeness (QED) is 0.689. The molecule has 0 N–H and O–H groups in total. The van der Waals surface area contributed by atoms with Crippen LogP contribution in [-0.2, 0) is 0 Å². The van der Waals surface area contributed by atoms with E-state index in [-0.39, 0.29) is 0 Å². The average molecular weight is 225 g/mol. The molecule has 1 heteroatoms. The zero-order chi connectivity index (χ0) is 11.5. The van der Waals surface area contributed by atoms with Crippen LogP contribution in [0.2, 0.25) is 6.55 Å². The normalized spacial score (nSPS) is 10.8. The second-order valence-electron chi connectivity index (χ2n) is 4.36. The monoisotopic (exact) mass is 225 g/mol. The molecule has 0 spiro atoms. The Bertz CT molecular complexity index is 408. The Hall–Kier alpha value is -1.34. The van der Waals surface area contributed by atoms with E-state index < -0.39 is 8.80 Å². The summed E-state index contributed by atoms with van der Waals surface area (Å²) in [6.07, 6.45) is 0. The third kappa shape index (κ3) is 2.42. The summed E-state index contributed by atoms with van der Waals surface area (Å²) in [6.45, 7) is 6.63. The van der Waals surface area contributed by atoms with Crippen LogP contribution in [0.3, 0.4) is 0 Å². The molecule has 0 amide bonds. The van der Waals surface area contributed by atoms with Crippen molar-refractivity contribution in [3.8, 4) is 0 Å². The van der Waals surface area contributed by atoms with E-state index in [0.717, 1.165) is 0 Å². The summed E-state index contributed by atoms with van der Waals surface area (Å²) < 4.78 is 0. The Morgan fingerprint density at radius 1 is 0.625 bits per heavy atom. The molecule has 0 bridgehead atoms. The molecule has 0 aliphatic rings. The molecule has 0 aliphatic carbocycles. The van der Waals surface area contributed by atoms with Gasteiger partial charge in [0.25, 0.3) is 0 Å². The number of rotatable bonds is 2. The van der Waals surface area contributed by atoms with Gasteiger partial charge in [0.2, 0.25) is 0 Å². The molecule has 0 fully saturated rings. The van der Waals surface area contributed by atoms with Gasteiger partial charge in [-0.25, -0.2) is 0 Å². The molecule has 1 radical (unpaired) electrons.